The van der Waals surface area contributed by atoms with E-state index < -0.39 is 0 Å². The van der Waals surface area contributed by atoms with Crippen molar-refractivity contribution in [1.29, 1.82) is 0 Å². The van der Waals surface area contributed by atoms with Gasteiger partial charge in [-0.05, 0) is 44.0 Å². The summed E-state index contributed by atoms with van der Waals surface area (Å²) in [7, 11) is 2.05. The zero-order chi connectivity index (χ0) is 12.6. The Bertz CT molecular complexity index is 573. The molecular weight excluding hydrogens is 194 g/mol. The molecule has 82 valence electrons. The number of aryl methyl sites for hydroxylation is 2. The smallest absolute Gasteiger partial charge is 0.201 e. The average molecular weight is 213 g/mol. The van der Waals surface area contributed by atoms with Gasteiger partial charge in [-0.15, -0.1) is 0 Å². The SMILES string of the molecule is [2H]c1c(C)cc(-c2cccc[n+]2C)c(C)c1C. The standard InChI is InChI=1S/C15H18N/c1-11-9-12(2)13(3)14(10-11)15-7-5-6-8-16(15)4/h5-10H,1-4H3/q+1/i9D. The highest BCUT2D eigenvalue weighted by molar-refractivity contribution is 5.63. The van der Waals surface area contributed by atoms with Crippen molar-refractivity contribution >= 4 is 0 Å². The van der Waals surface area contributed by atoms with Gasteiger partial charge in [0.2, 0.25) is 5.69 Å². The maximum Gasteiger partial charge on any atom is 0.212 e. The summed E-state index contributed by atoms with van der Waals surface area (Å²) >= 11 is 0. The van der Waals surface area contributed by atoms with E-state index in [4.69, 9.17) is 1.37 Å². The Morgan fingerprint density at radius 1 is 1.19 bits per heavy atom. The van der Waals surface area contributed by atoms with E-state index in [2.05, 4.69) is 23.6 Å². The highest BCUT2D eigenvalue weighted by Crippen LogP contribution is 2.24. The molecule has 0 saturated carbocycles. The lowest BCUT2D eigenvalue weighted by Gasteiger charge is -2.08. The number of hydrogen-bond acceptors (Lipinski definition) is 0. The normalized spacial score (nSPS) is 11.4. The van der Waals surface area contributed by atoms with Crippen molar-refractivity contribution in [3.63, 3.8) is 0 Å². The van der Waals surface area contributed by atoms with Crippen molar-refractivity contribution in [2.45, 2.75) is 20.8 Å². The summed E-state index contributed by atoms with van der Waals surface area (Å²) in [5, 5.41) is 0. The molecule has 1 nitrogen and oxygen atoms in total. The first-order valence-electron chi connectivity index (χ1n) is 6.05. The van der Waals surface area contributed by atoms with Crippen LogP contribution in [0.15, 0.2) is 36.5 Å². The van der Waals surface area contributed by atoms with E-state index >= 15 is 0 Å². The van der Waals surface area contributed by atoms with Crippen LogP contribution in [-0.4, -0.2) is 0 Å². The second-order valence-corrected chi connectivity index (χ2v) is 4.31. The zero-order valence-corrected chi connectivity index (χ0v) is 10.3. The van der Waals surface area contributed by atoms with E-state index in [1.54, 1.807) is 0 Å². The van der Waals surface area contributed by atoms with Gasteiger partial charge in [-0.25, -0.2) is 4.57 Å². The van der Waals surface area contributed by atoms with Crippen LogP contribution in [0.5, 0.6) is 0 Å². The van der Waals surface area contributed by atoms with Gasteiger partial charge in [0.25, 0.3) is 0 Å². The molecule has 1 aromatic carbocycles. The molecule has 0 aliphatic rings. The maximum absolute atomic E-state index is 7.99. The lowest BCUT2D eigenvalue weighted by molar-refractivity contribution is -0.660. The van der Waals surface area contributed by atoms with Gasteiger partial charge in [0.05, 0.1) is 1.37 Å². The van der Waals surface area contributed by atoms with Crippen molar-refractivity contribution in [2.24, 2.45) is 7.05 Å². The van der Waals surface area contributed by atoms with Crippen molar-refractivity contribution < 1.29 is 5.94 Å². The largest absolute Gasteiger partial charge is 0.212 e. The minimum Gasteiger partial charge on any atom is -0.201 e. The quantitative estimate of drug-likeness (QED) is 0.641. The minimum absolute atomic E-state index is 0.657. The summed E-state index contributed by atoms with van der Waals surface area (Å²) in [4.78, 5) is 0. The van der Waals surface area contributed by atoms with Crippen molar-refractivity contribution in [3.8, 4) is 11.3 Å². The van der Waals surface area contributed by atoms with Gasteiger partial charge in [0, 0.05) is 17.7 Å². The molecule has 0 saturated heterocycles. The average Bonchev–Trinajstić information content (AvgIpc) is 2.32. The third kappa shape index (κ3) is 1.85. The predicted molar refractivity (Wildman–Crippen MR) is 67.3 cm³/mol. The fourth-order valence-electron chi connectivity index (χ4n) is 2.02. The molecule has 0 atom stereocenters. The Morgan fingerprint density at radius 2 is 1.94 bits per heavy atom. The van der Waals surface area contributed by atoms with Crippen LogP contribution in [0.3, 0.4) is 0 Å². The van der Waals surface area contributed by atoms with Crippen molar-refractivity contribution in [1.82, 2.24) is 0 Å². The third-order valence-corrected chi connectivity index (χ3v) is 3.04. The molecule has 16 heavy (non-hydrogen) atoms. The summed E-state index contributed by atoms with van der Waals surface area (Å²) in [5.41, 5.74) is 5.72. The molecule has 0 bridgehead atoms. The number of nitrogens with zero attached hydrogens (tertiary/aromatic N) is 1. The second-order valence-electron chi connectivity index (χ2n) is 4.31. The summed E-state index contributed by atoms with van der Waals surface area (Å²) in [6.45, 7) is 6.12. The van der Waals surface area contributed by atoms with E-state index in [9.17, 15) is 0 Å². The van der Waals surface area contributed by atoms with Crippen LogP contribution in [0.4, 0.5) is 0 Å². The number of pyridine rings is 1. The van der Waals surface area contributed by atoms with Gasteiger partial charge in [-0.2, -0.15) is 0 Å². The van der Waals surface area contributed by atoms with Gasteiger partial charge in [-0.3, -0.25) is 0 Å². The van der Waals surface area contributed by atoms with Gasteiger partial charge in [0.15, 0.2) is 6.20 Å². The molecule has 1 aromatic heterocycles. The summed E-state index contributed by atoms with van der Waals surface area (Å²) in [5.74, 6) is 0. The van der Waals surface area contributed by atoms with E-state index in [1.807, 2.05) is 39.2 Å². The summed E-state index contributed by atoms with van der Waals surface area (Å²) in [6.07, 6.45) is 2.05. The van der Waals surface area contributed by atoms with Crippen LogP contribution in [0.2, 0.25) is 0 Å². The third-order valence-electron chi connectivity index (χ3n) is 3.04. The van der Waals surface area contributed by atoms with E-state index in [-0.39, 0.29) is 0 Å². The van der Waals surface area contributed by atoms with Crippen LogP contribution < -0.4 is 4.57 Å². The maximum atomic E-state index is 7.99. The predicted octanol–water partition coefficient (Wildman–Crippen LogP) is 3.10. The monoisotopic (exact) mass is 213 g/mol. The highest BCUT2D eigenvalue weighted by atomic mass is 14.9. The molecule has 0 aliphatic carbocycles. The Morgan fingerprint density at radius 3 is 2.62 bits per heavy atom. The van der Waals surface area contributed by atoms with Gasteiger partial charge >= 0.3 is 0 Å². The molecule has 0 radical (unpaired) electrons. The lowest BCUT2D eigenvalue weighted by atomic mass is 9.97. The first-order valence-corrected chi connectivity index (χ1v) is 5.55. The Balaban J connectivity index is 2.73. The zero-order valence-electron chi connectivity index (χ0n) is 11.3. The van der Waals surface area contributed by atoms with E-state index in [0.29, 0.717) is 6.04 Å². The lowest BCUT2D eigenvalue weighted by Crippen LogP contribution is -2.30. The molecule has 2 rings (SSSR count). The van der Waals surface area contributed by atoms with E-state index in [0.717, 1.165) is 11.1 Å². The van der Waals surface area contributed by atoms with Gasteiger partial charge in [-0.1, -0.05) is 11.6 Å². The first kappa shape index (κ1) is 9.59. The van der Waals surface area contributed by atoms with Crippen LogP contribution in [0.1, 0.15) is 18.1 Å². The molecule has 0 aliphatic heterocycles. The van der Waals surface area contributed by atoms with Crippen LogP contribution in [0, 0.1) is 20.8 Å². The fourth-order valence-corrected chi connectivity index (χ4v) is 2.02. The Hall–Kier alpha value is -1.63. The van der Waals surface area contributed by atoms with Crippen LogP contribution in [-0.2, 0) is 7.05 Å². The van der Waals surface area contributed by atoms with Gasteiger partial charge in [0.1, 0.15) is 7.05 Å². The molecule has 0 fully saturated rings. The van der Waals surface area contributed by atoms with Crippen molar-refractivity contribution in [3.05, 3.63) is 53.2 Å². The highest BCUT2D eigenvalue weighted by Gasteiger charge is 2.12. The van der Waals surface area contributed by atoms with Crippen LogP contribution in [0.25, 0.3) is 11.3 Å². The first-order chi connectivity index (χ1) is 8.02. The second kappa shape index (κ2) is 4.09. The minimum atomic E-state index is 0.657. The Labute approximate surface area is 98.8 Å². The van der Waals surface area contributed by atoms with Crippen LogP contribution >= 0.6 is 0 Å². The molecule has 0 unspecified atom stereocenters. The fraction of sp³-hybridized carbons (Fsp3) is 0.267. The molecule has 0 N–H and O–H groups in total. The topological polar surface area (TPSA) is 3.88 Å². The molecule has 2 aromatic rings. The Kier molecular flexibility index (Phi) is 2.45. The molecule has 0 amide bonds. The van der Waals surface area contributed by atoms with E-state index in [1.165, 1.54) is 16.8 Å². The molecular formula is C15H18N+. The summed E-state index contributed by atoms with van der Waals surface area (Å²) < 4.78 is 10.1. The number of hydrogen-bond donors (Lipinski definition) is 0. The molecule has 1 heteroatoms. The van der Waals surface area contributed by atoms with Crippen molar-refractivity contribution in [2.75, 3.05) is 0 Å². The molecule has 1 heterocycles. The summed E-state index contributed by atoms with van der Waals surface area (Å²) in [6, 6.07) is 8.96. The number of aromatic nitrogens is 1. The molecule has 0 spiro atoms. The van der Waals surface area contributed by atoms with Gasteiger partial charge < -0.3 is 0 Å². The number of benzene rings is 1. The number of rotatable bonds is 1.